The number of rotatable bonds is 40. The number of aryl methyl sites for hydroxylation is 2. The molecule has 4 heterocycles. The first-order valence-electron chi connectivity index (χ1n) is 49.3. The summed E-state index contributed by atoms with van der Waals surface area (Å²) in [6, 6.07) is 2.92. The van der Waals surface area contributed by atoms with E-state index in [0.29, 0.717) is 108 Å². The van der Waals surface area contributed by atoms with E-state index in [1.54, 1.807) is 93.2 Å². The minimum atomic E-state index is -1.38. The number of carbonyl (C=O) groups is 15. The number of nitrogens with two attached hydrogens (primary N) is 2. The maximum atomic E-state index is 12.8. The molecule has 7 rings (SSSR count). The Morgan fingerprint density at radius 3 is 1.07 bits per heavy atom. The number of ether oxygens (including phenoxy) is 7. The summed E-state index contributed by atoms with van der Waals surface area (Å²) in [4.78, 5) is 184. The molecule has 33 nitrogen and oxygen atoms in total. The Morgan fingerprint density at radius 2 is 0.800 bits per heavy atom. The summed E-state index contributed by atoms with van der Waals surface area (Å²) in [5, 5.41) is 35.4. The number of nitrogens with zero attached hydrogens (tertiary/aromatic N) is 4. The molecule has 36 heteroatoms. The van der Waals surface area contributed by atoms with Gasteiger partial charge < -0.3 is 65.1 Å². The van der Waals surface area contributed by atoms with Crippen LogP contribution in [0.5, 0.6) is 0 Å². The molecule has 1 unspecified atom stereocenters. The van der Waals surface area contributed by atoms with Crippen molar-refractivity contribution in [3.05, 3.63) is 110 Å². The number of aromatic nitrogens is 1. The Hall–Kier alpha value is -9.60. The number of pyridine rings is 1. The Morgan fingerprint density at radius 1 is 0.476 bits per heavy atom. The quantitative estimate of drug-likeness (QED) is 0.00676. The van der Waals surface area contributed by atoms with Crippen LogP contribution in [0.3, 0.4) is 0 Å². The number of piperidine rings is 3. The normalized spacial score (nSPS) is 19.7. The van der Waals surface area contributed by atoms with Gasteiger partial charge >= 0.3 is 85.8 Å². The summed E-state index contributed by atoms with van der Waals surface area (Å²) in [5.41, 5.74) is 10.2. The molecule has 6 fully saturated rings. The zero-order chi connectivity index (χ0) is 113. The number of fused-ring (bicyclic) bond motifs is 3. The molecular formula is C109H180Cu2N6O27Si. The number of carbonyl (C=O) groups excluding carboxylic acids is 11. The molecule has 3 aliphatic heterocycles. The molecule has 3 amide bonds. The van der Waals surface area contributed by atoms with E-state index in [9.17, 15) is 77.0 Å². The number of amides is 3. The van der Waals surface area contributed by atoms with Crippen LogP contribution in [-0.2, 0) is 128 Å². The van der Waals surface area contributed by atoms with Crippen LogP contribution in [0.4, 0.5) is 20.2 Å². The third kappa shape index (κ3) is 51.3. The number of carboxylic acids is 4. The molecule has 10 atom stereocenters. The average molecular weight is 2160 g/mol. The summed E-state index contributed by atoms with van der Waals surface area (Å²) in [6.07, 6.45) is 19.8. The van der Waals surface area contributed by atoms with Crippen LogP contribution in [0.1, 0.15) is 314 Å². The van der Waals surface area contributed by atoms with Crippen molar-refractivity contribution in [2.24, 2.45) is 60.9 Å². The minimum absolute atomic E-state index is 0. The van der Waals surface area contributed by atoms with E-state index in [-0.39, 0.29) is 121 Å². The molecule has 6 aliphatic rings. The van der Waals surface area contributed by atoms with Gasteiger partial charge in [-0.2, -0.15) is 0 Å². The second-order valence-electron chi connectivity index (χ2n) is 45.8. The van der Waals surface area contributed by atoms with Gasteiger partial charge in [0.15, 0.2) is 11.7 Å². The fraction of sp³-hybridized carbons (Fsp3) is 0.688. The Kier molecular flexibility index (Phi) is 61.2. The van der Waals surface area contributed by atoms with Crippen molar-refractivity contribution in [2.75, 3.05) is 38.7 Å². The van der Waals surface area contributed by atoms with Crippen molar-refractivity contribution < 1.29 is 162 Å². The summed E-state index contributed by atoms with van der Waals surface area (Å²) < 4.78 is 44.1. The first kappa shape index (κ1) is 142. The third-order valence-corrected chi connectivity index (χ3v) is 26.0. The van der Waals surface area contributed by atoms with Crippen LogP contribution < -0.4 is 11.5 Å². The van der Waals surface area contributed by atoms with Gasteiger partial charge in [0.25, 0.3) is 0 Å². The molecule has 1 radical (unpaired) electrons. The summed E-state index contributed by atoms with van der Waals surface area (Å²) >= 11 is 2.94. The Labute approximate surface area is 884 Å². The number of likely N-dealkylation sites (tertiary alicyclic amines) is 3. The Bertz CT molecular complexity index is 4550. The number of allylic oxidation sites excluding steroid dienone is 7. The van der Waals surface area contributed by atoms with E-state index < -0.39 is 120 Å². The molecule has 1 aromatic heterocycles. The number of hydrogen-bond acceptors (Lipinski definition) is 26. The van der Waals surface area contributed by atoms with Crippen molar-refractivity contribution in [3.8, 4) is 0 Å². The number of ketones is 4. The zero-order valence-corrected chi connectivity index (χ0v) is 96.1. The number of anilines is 1. The molecular weight excluding hydrogens is 1980 g/mol. The first-order valence-corrected chi connectivity index (χ1v) is 53.4. The van der Waals surface area contributed by atoms with Crippen molar-refractivity contribution in [1.82, 2.24) is 19.7 Å². The topological polar surface area (TPSA) is 493 Å². The molecule has 1 aromatic rings. The monoisotopic (exact) mass is 2160 g/mol. The van der Waals surface area contributed by atoms with Gasteiger partial charge in [-0.25, -0.2) is 38.5 Å². The first-order chi connectivity index (χ1) is 65.8. The van der Waals surface area contributed by atoms with E-state index in [1.807, 2.05) is 127 Å². The molecule has 3 aliphatic carbocycles. The molecule has 8 N–H and O–H groups in total. The molecule has 3 saturated heterocycles. The SMILES string of the molecule is C=CCC(C)(C)C(C(=O)O)C(=O)O.C=CCC(C)(C)C(C(C)=O)C(=O)OCC.C=CCC(C)(C)CC(=O)CC[C@@]12C[C@@H](C(=O)O)N(C(=O)OC(C)(C)C)[C@@H]1C2.C=CCC(C)(C)CC(=O)CC[C@@]12C[C@@H](C(=O)OCC)N(C(=O)OC(C)(C)C)[C@@H]1C2.C=CCC(C)(C)CC(=O)O.C=CC[Si](C)(C)C.CCOC(=O)C(C(C)=O)=C(C)C.CCOC(=O)[C@@H]1C[C@@]2(CN)C[C@H]2N1C(=O)OC(C)(C)C.Cc1ccc(C)c(N)n1.[Cu].[O]=[Cu]. The van der Waals surface area contributed by atoms with Gasteiger partial charge in [0.05, 0.1) is 32.8 Å². The fourth-order valence-electron chi connectivity index (χ4n) is 17.6. The number of aliphatic carboxylic acids is 4. The number of Topliss-reactive ketones (excluding diaryl/α,β-unsaturated/α-hetero) is 4. The van der Waals surface area contributed by atoms with Crippen LogP contribution >= 0.6 is 0 Å². The van der Waals surface area contributed by atoms with Gasteiger partial charge in [0, 0.05) is 86.6 Å². The second kappa shape index (κ2) is 62.6. The zero-order valence-electron chi connectivity index (χ0n) is 93.2. The van der Waals surface area contributed by atoms with Crippen molar-refractivity contribution in [3.63, 3.8) is 0 Å². The predicted octanol–water partition coefficient (Wildman–Crippen LogP) is 21.1. The van der Waals surface area contributed by atoms with Gasteiger partial charge in [0.2, 0.25) is 0 Å². The molecule has 834 valence electrons. The standard InChI is InChI=1S/C23H37NO5.C21H33NO5.C14H24N2O4.C12H20O3.C9H14O4.C9H14O3.C8H14O2.C7H10N2.C6H14Si.2Cu.O/c1-8-11-22(6,7)13-16(25)10-12-23-14-17(19(26)28-9-2)24(18(23)15-23)20(27)29-21(3,4)5;1-7-9-20(5,6)11-14(23)8-10-21-12-15(17(24)25)22(16(21)13-21)18(26)27-19(2,3)4;1-5-19-11(17)9-6-14(8-15)7-10(14)16(9)12(18)20-13(2,3)4;1-6-8-12(4,5)10(9(3)13)11(14)15-7-2;1-4-5-9(2,3)6(7(10)11)8(12)13;1-5-12-9(11)8(6(2)3)7(4)10;1-4-5-8(2,3)6-7(9)10;1-5-3-4-6(2)9-7(5)8;1-5-6-7(2,3)4;;;/h8,17-18H,1,9-15H2,2-7H3;7,15-16H,1,8-13H2,2-6H3,(H,24,25);9-10H,5-8,15H2,1-4H3;6,10H,1,7-8H2,2-5H3;4,6H,1,5H2,2-3H3,(H,10,11)(H,12,13);5H2,1-4H3;4H,1,5-6H2,2-3H3,(H,9,10);3-4H,1-2H3,(H2,8,9);5H,1,6H2,2-4H3;;;/t17-,18+,23-;15-,16+,21-;9-,10+,14-;;;;;;;;;/m000........./s1. The van der Waals surface area contributed by atoms with E-state index >= 15 is 0 Å². The van der Waals surface area contributed by atoms with E-state index in [4.69, 9.17) is 63.8 Å². The molecule has 145 heavy (non-hydrogen) atoms. The maximum absolute atomic E-state index is 12.8. The number of nitrogen functional groups attached to an aromatic ring is 1. The van der Waals surface area contributed by atoms with Crippen molar-refractivity contribution in [2.45, 2.75) is 395 Å². The number of carboxylic acid groups (broad SMARTS) is 4. The van der Waals surface area contributed by atoms with Crippen LogP contribution in [0.2, 0.25) is 25.7 Å². The Balaban J connectivity index is -0.000000796. The summed E-state index contributed by atoms with van der Waals surface area (Å²) in [7, 11) is -0.775. The molecule has 0 aromatic carbocycles. The number of esters is 4. The van der Waals surface area contributed by atoms with Crippen molar-refractivity contribution in [1.29, 1.82) is 0 Å². The molecule has 3 saturated carbocycles. The predicted molar refractivity (Wildman–Crippen MR) is 557 cm³/mol. The van der Waals surface area contributed by atoms with Gasteiger partial charge in [0.1, 0.15) is 69.6 Å². The summed E-state index contributed by atoms with van der Waals surface area (Å²) in [6.45, 7) is 82.7. The summed E-state index contributed by atoms with van der Waals surface area (Å²) in [5.74, 6) is -7.51. The van der Waals surface area contributed by atoms with Crippen LogP contribution in [0.15, 0.2) is 99.2 Å². The fourth-order valence-corrected chi connectivity index (χ4v) is 18.4. The van der Waals surface area contributed by atoms with Crippen LogP contribution in [0.25, 0.3) is 0 Å². The van der Waals surface area contributed by atoms with Gasteiger partial charge in [-0.05, 0) is 271 Å². The van der Waals surface area contributed by atoms with E-state index in [2.05, 4.69) is 93.9 Å². The second-order valence-corrected chi connectivity index (χ2v) is 51.3. The number of hydrogen-bond donors (Lipinski definition) is 6. The van der Waals surface area contributed by atoms with Crippen molar-refractivity contribution >= 4 is 103 Å². The van der Waals surface area contributed by atoms with Gasteiger partial charge in [-0.1, -0.05) is 137 Å². The third-order valence-electron chi connectivity index (χ3n) is 24.4. The average Bonchev–Trinajstić information content (AvgIpc) is 1.55. The van der Waals surface area contributed by atoms with Gasteiger partial charge in [-0.3, -0.25) is 53.1 Å². The molecule has 0 spiro atoms. The van der Waals surface area contributed by atoms with Crippen LogP contribution in [0, 0.1) is 69.0 Å². The van der Waals surface area contributed by atoms with Gasteiger partial charge in [-0.15, -0.1) is 39.5 Å². The van der Waals surface area contributed by atoms with E-state index in [0.717, 1.165) is 49.8 Å². The van der Waals surface area contributed by atoms with Crippen LogP contribution in [-0.4, -0.2) is 223 Å². The molecule has 0 bridgehead atoms. The van der Waals surface area contributed by atoms with E-state index in [1.165, 1.54) is 35.8 Å².